The second-order valence-corrected chi connectivity index (χ2v) is 10.9. The van der Waals surface area contributed by atoms with Crippen LogP contribution < -0.4 is 0 Å². The van der Waals surface area contributed by atoms with Crippen molar-refractivity contribution in [3.63, 3.8) is 0 Å². The molecule has 4 heteroatoms. The van der Waals surface area contributed by atoms with Gasteiger partial charge in [-0.3, -0.25) is 0 Å². The van der Waals surface area contributed by atoms with Crippen LogP contribution in [-0.4, -0.2) is 24.6 Å². The minimum atomic E-state index is -1.83. The van der Waals surface area contributed by atoms with Crippen molar-refractivity contribution in [2.75, 3.05) is 0 Å². The molecule has 19 heavy (non-hydrogen) atoms. The minimum absolute atomic E-state index is 0.0294. The molecule has 1 aliphatic heterocycles. The second kappa shape index (κ2) is 5.91. The van der Waals surface area contributed by atoms with E-state index in [2.05, 4.69) is 50.7 Å². The standard InChI is InChI=1S/C15H26O2Si2/c1-15(2)14(11-12-19(3,16-15)17-18)10-9-13-7-5-4-6-8-13/h4-8,14H,9-12H2,1-3,18H3. The highest BCUT2D eigenvalue weighted by molar-refractivity contribution is 6.69. The zero-order valence-corrected chi connectivity index (χ0v) is 15.6. The Morgan fingerprint density at radius 2 is 2.05 bits per heavy atom. The van der Waals surface area contributed by atoms with Crippen molar-refractivity contribution in [3.8, 4) is 0 Å². The van der Waals surface area contributed by atoms with Gasteiger partial charge in [0.05, 0.1) is 5.60 Å². The molecular formula is C15H26O2Si2. The van der Waals surface area contributed by atoms with E-state index >= 15 is 0 Å². The average Bonchev–Trinajstić information content (AvgIpc) is 2.38. The summed E-state index contributed by atoms with van der Waals surface area (Å²) in [6, 6.07) is 11.9. The lowest BCUT2D eigenvalue weighted by molar-refractivity contribution is -0.00826. The first-order chi connectivity index (χ1) is 8.95. The molecule has 0 saturated carbocycles. The van der Waals surface area contributed by atoms with Gasteiger partial charge in [0.1, 0.15) is 10.5 Å². The summed E-state index contributed by atoms with van der Waals surface area (Å²) in [5.74, 6) is 0.644. The van der Waals surface area contributed by atoms with Gasteiger partial charge in [-0.05, 0) is 57.2 Å². The molecule has 1 aromatic rings. The molecule has 0 radical (unpaired) electrons. The van der Waals surface area contributed by atoms with E-state index in [4.69, 9.17) is 8.54 Å². The fourth-order valence-corrected chi connectivity index (χ4v) is 6.50. The fraction of sp³-hybridized carbons (Fsp3) is 0.600. The van der Waals surface area contributed by atoms with Crippen molar-refractivity contribution in [1.29, 1.82) is 0 Å². The summed E-state index contributed by atoms with van der Waals surface area (Å²) >= 11 is 0. The maximum Gasteiger partial charge on any atom is 0.324 e. The van der Waals surface area contributed by atoms with Gasteiger partial charge in [0.25, 0.3) is 0 Å². The predicted molar refractivity (Wildman–Crippen MR) is 85.5 cm³/mol. The molecule has 0 spiro atoms. The van der Waals surface area contributed by atoms with Gasteiger partial charge < -0.3 is 8.54 Å². The molecule has 1 fully saturated rings. The first-order valence-electron chi connectivity index (χ1n) is 7.24. The molecule has 0 aliphatic carbocycles. The van der Waals surface area contributed by atoms with Crippen LogP contribution in [0.15, 0.2) is 30.3 Å². The highest BCUT2D eigenvalue weighted by Crippen LogP contribution is 2.40. The summed E-state index contributed by atoms with van der Waals surface area (Å²) < 4.78 is 12.1. The molecule has 0 amide bonds. The topological polar surface area (TPSA) is 18.5 Å². The molecule has 0 bridgehead atoms. The average molecular weight is 295 g/mol. The quantitative estimate of drug-likeness (QED) is 0.795. The molecule has 2 nitrogen and oxygen atoms in total. The van der Waals surface area contributed by atoms with Crippen molar-refractivity contribution in [3.05, 3.63) is 35.9 Å². The Morgan fingerprint density at radius 3 is 2.63 bits per heavy atom. The lowest BCUT2D eigenvalue weighted by Gasteiger charge is -2.46. The van der Waals surface area contributed by atoms with E-state index in [-0.39, 0.29) is 5.60 Å². The van der Waals surface area contributed by atoms with Gasteiger partial charge in [0.15, 0.2) is 0 Å². The van der Waals surface area contributed by atoms with Crippen LogP contribution in [0.25, 0.3) is 0 Å². The molecule has 0 N–H and O–H groups in total. The lowest BCUT2D eigenvalue weighted by Crippen LogP contribution is -2.53. The summed E-state index contributed by atoms with van der Waals surface area (Å²) in [6.45, 7) is 6.70. The summed E-state index contributed by atoms with van der Waals surface area (Å²) in [7, 11) is -1.04. The van der Waals surface area contributed by atoms with Gasteiger partial charge >= 0.3 is 8.56 Å². The van der Waals surface area contributed by atoms with E-state index in [9.17, 15) is 0 Å². The molecule has 1 aliphatic rings. The number of rotatable bonds is 4. The van der Waals surface area contributed by atoms with E-state index in [0.717, 1.165) is 23.0 Å². The Labute approximate surface area is 121 Å². The van der Waals surface area contributed by atoms with Crippen molar-refractivity contribution < 1.29 is 8.54 Å². The Bertz CT molecular complexity index is 408. The monoisotopic (exact) mass is 294 g/mol. The van der Waals surface area contributed by atoms with Gasteiger partial charge in [-0.25, -0.2) is 0 Å². The van der Waals surface area contributed by atoms with Crippen molar-refractivity contribution in [2.24, 2.45) is 5.92 Å². The Morgan fingerprint density at radius 1 is 1.37 bits per heavy atom. The molecule has 1 saturated heterocycles. The maximum atomic E-state index is 6.36. The number of hydrogen-bond acceptors (Lipinski definition) is 2. The van der Waals surface area contributed by atoms with E-state index < -0.39 is 8.56 Å². The van der Waals surface area contributed by atoms with Crippen LogP contribution >= 0.6 is 0 Å². The van der Waals surface area contributed by atoms with Crippen LogP contribution in [0.4, 0.5) is 0 Å². The van der Waals surface area contributed by atoms with Crippen molar-refractivity contribution in [1.82, 2.24) is 0 Å². The largest absolute Gasteiger partial charge is 0.445 e. The van der Waals surface area contributed by atoms with Crippen LogP contribution in [0.2, 0.25) is 12.6 Å². The zero-order chi connectivity index (χ0) is 13.9. The first kappa shape index (κ1) is 15.0. The van der Waals surface area contributed by atoms with Crippen LogP contribution in [0.3, 0.4) is 0 Å². The molecule has 1 heterocycles. The molecule has 1 aromatic carbocycles. The van der Waals surface area contributed by atoms with Crippen LogP contribution in [0.5, 0.6) is 0 Å². The normalized spacial score (nSPS) is 30.4. The summed E-state index contributed by atoms with van der Waals surface area (Å²) in [5.41, 5.74) is 1.40. The molecule has 0 aromatic heterocycles. The molecule has 106 valence electrons. The van der Waals surface area contributed by atoms with E-state index in [0.29, 0.717) is 5.92 Å². The maximum absolute atomic E-state index is 6.36. The molecule has 2 atom stereocenters. The van der Waals surface area contributed by atoms with Crippen LogP contribution in [-0.2, 0) is 15.0 Å². The molecule has 2 unspecified atom stereocenters. The van der Waals surface area contributed by atoms with Gasteiger partial charge in [-0.15, -0.1) is 0 Å². The number of hydrogen-bond donors (Lipinski definition) is 0. The summed E-state index contributed by atoms with van der Waals surface area (Å²) in [6.07, 6.45) is 3.62. The van der Waals surface area contributed by atoms with Crippen molar-refractivity contribution in [2.45, 2.75) is 51.3 Å². The smallest absolute Gasteiger partial charge is 0.324 e. The summed E-state index contributed by atoms with van der Waals surface area (Å²) in [4.78, 5) is 0. The van der Waals surface area contributed by atoms with Gasteiger partial charge in [-0.2, -0.15) is 0 Å². The van der Waals surface area contributed by atoms with E-state index in [1.807, 2.05) is 0 Å². The van der Waals surface area contributed by atoms with E-state index in [1.165, 1.54) is 18.4 Å². The SMILES string of the molecule is CC1(C)O[Si](C)(O[SiH3])CCC1CCc1ccccc1. The number of benzene rings is 1. The van der Waals surface area contributed by atoms with Gasteiger partial charge in [0, 0.05) is 0 Å². The van der Waals surface area contributed by atoms with Gasteiger partial charge in [0.2, 0.25) is 0 Å². The highest BCUT2D eigenvalue weighted by atomic mass is 28.4. The summed E-state index contributed by atoms with van der Waals surface area (Å²) in [5, 5.41) is 0. The van der Waals surface area contributed by atoms with Gasteiger partial charge in [-0.1, -0.05) is 30.3 Å². The van der Waals surface area contributed by atoms with Crippen LogP contribution in [0.1, 0.15) is 32.3 Å². The minimum Gasteiger partial charge on any atom is -0.445 e. The Balaban J connectivity index is 1.95. The highest BCUT2D eigenvalue weighted by Gasteiger charge is 2.45. The number of aryl methyl sites for hydroxylation is 1. The van der Waals surface area contributed by atoms with E-state index in [1.54, 1.807) is 0 Å². The zero-order valence-electron chi connectivity index (χ0n) is 12.6. The Kier molecular flexibility index (Phi) is 4.66. The first-order valence-corrected chi connectivity index (χ1v) is 10.6. The predicted octanol–water partition coefficient (Wildman–Crippen LogP) is 2.80. The fourth-order valence-electron chi connectivity index (χ4n) is 3.10. The molecule has 2 rings (SSSR count). The third kappa shape index (κ3) is 3.78. The van der Waals surface area contributed by atoms with Crippen molar-refractivity contribution >= 4 is 19.0 Å². The third-order valence-corrected chi connectivity index (χ3v) is 10.1. The Hall–Kier alpha value is -0.426. The second-order valence-electron chi connectivity index (χ2n) is 6.30. The third-order valence-electron chi connectivity index (χ3n) is 4.47. The van der Waals surface area contributed by atoms with Crippen LogP contribution in [0, 0.1) is 5.92 Å². The lowest BCUT2D eigenvalue weighted by atomic mass is 9.84. The molecular weight excluding hydrogens is 268 g/mol.